The van der Waals surface area contributed by atoms with Gasteiger partial charge in [0.2, 0.25) is 0 Å². The lowest BCUT2D eigenvalue weighted by atomic mass is 10.1. The highest BCUT2D eigenvalue weighted by Crippen LogP contribution is 2.31. The van der Waals surface area contributed by atoms with Crippen molar-refractivity contribution in [3.05, 3.63) is 57.8 Å². The van der Waals surface area contributed by atoms with Crippen molar-refractivity contribution in [1.82, 2.24) is 0 Å². The summed E-state index contributed by atoms with van der Waals surface area (Å²) in [4.78, 5) is 0. The molecule has 2 N–H and O–H groups in total. The van der Waals surface area contributed by atoms with Crippen molar-refractivity contribution < 1.29 is 9.13 Å². The second-order valence-electron chi connectivity index (χ2n) is 4.61. The van der Waals surface area contributed by atoms with E-state index in [1.54, 1.807) is 12.1 Å². The minimum atomic E-state index is -0.485. The fourth-order valence-corrected chi connectivity index (χ4v) is 2.14. The minimum Gasteiger partial charge on any atom is -0.457 e. The van der Waals surface area contributed by atoms with E-state index in [-0.39, 0.29) is 11.1 Å². The second kappa shape index (κ2) is 6.44. The summed E-state index contributed by atoms with van der Waals surface area (Å²) in [5, 5.41) is 0.569. The molecule has 0 saturated heterocycles. The predicted octanol–water partition coefficient (Wildman–Crippen LogP) is 4.81. The Hall–Kier alpha value is -1.29. The SMILES string of the molecule is CC(N)Cc1ccc(Cl)cc1Oc1ccc(F)c(Cl)c1. The topological polar surface area (TPSA) is 35.2 Å². The summed E-state index contributed by atoms with van der Waals surface area (Å²) < 4.78 is 18.9. The van der Waals surface area contributed by atoms with Gasteiger partial charge in [-0.15, -0.1) is 0 Å². The van der Waals surface area contributed by atoms with E-state index < -0.39 is 5.82 Å². The summed E-state index contributed by atoms with van der Waals surface area (Å²) in [5.74, 6) is 0.558. The maximum absolute atomic E-state index is 13.1. The van der Waals surface area contributed by atoms with Crippen LogP contribution in [-0.2, 0) is 6.42 Å². The molecular formula is C15H14Cl2FNO. The highest BCUT2D eigenvalue weighted by atomic mass is 35.5. The highest BCUT2D eigenvalue weighted by molar-refractivity contribution is 6.31. The van der Waals surface area contributed by atoms with E-state index in [0.29, 0.717) is 22.9 Å². The molecule has 2 rings (SSSR count). The van der Waals surface area contributed by atoms with Crippen LogP contribution in [0.2, 0.25) is 10.0 Å². The van der Waals surface area contributed by atoms with Gasteiger partial charge in [-0.1, -0.05) is 29.3 Å². The van der Waals surface area contributed by atoms with Crippen LogP contribution in [0.1, 0.15) is 12.5 Å². The van der Waals surface area contributed by atoms with Gasteiger partial charge in [0.25, 0.3) is 0 Å². The van der Waals surface area contributed by atoms with Gasteiger partial charge in [0.05, 0.1) is 5.02 Å². The van der Waals surface area contributed by atoms with E-state index in [1.807, 2.05) is 13.0 Å². The number of hydrogen-bond donors (Lipinski definition) is 1. The average Bonchev–Trinajstić information content (AvgIpc) is 2.37. The molecule has 106 valence electrons. The molecule has 5 heteroatoms. The number of ether oxygens (including phenoxy) is 1. The molecule has 1 unspecified atom stereocenters. The first-order valence-corrected chi connectivity index (χ1v) is 6.88. The van der Waals surface area contributed by atoms with Crippen LogP contribution in [0.25, 0.3) is 0 Å². The Balaban J connectivity index is 2.31. The molecule has 0 amide bonds. The zero-order valence-corrected chi connectivity index (χ0v) is 12.4. The Kier molecular flexibility index (Phi) is 4.86. The number of halogens is 3. The number of hydrogen-bond acceptors (Lipinski definition) is 2. The third-order valence-corrected chi connectivity index (χ3v) is 3.21. The molecule has 0 aromatic heterocycles. The summed E-state index contributed by atoms with van der Waals surface area (Å²) in [6, 6.07) is 9.54. The lowest BCUT2D eigenvalue weighted by molar-refractivity contribution is 0.472. The zero-order chi connectivity index (χ0) is 14.7. The van der Waals surface area contributed by atoms with E-state index in [4.69, 9.17) is 33.7 Å². The molecule has 0 spiro atoms. The molecule has 0 saturated carbocycles. The van der Waals surface area contributed by atoms with Gasteiger partial charge in [0.1, 0.15) is 17.3 Å². The van der Waals surface area contributed by atoms with Crippen molar-refractivity contribution in [3.8, 4) is 11.5 Å². The maximum Gasteiger partial charge on any atom is 0.142 e. The molecule has 0 aliphatic heterocycles. The number of benzene rings is 2. The summed E-state index contributed by atoms with van der Waals surface area (Å²) in [5.41, 5.74) is 6.74. The maximum atomic E-state index is 13.1. The lowest BCUT2D eigenvalue weighted by Gasteiger charge is -2.13. The molecular weight excluding hydrogens is 300 g/mol. The van der Waals surface area contributed by atoms with Crippen LogP contribution in [0.4, 0.5) is 4.39 Å². The van der Waals surface area contributed by atoms with Crippen LogP contribution in [0.3, 0.4) is 0 Å². The largest absolute Gasteiger partial charge is 0.457 e. The molecule has 1 atom stereocenters. The van der Waals surface area contributed by atoms with Gasteiger partial charge in [0, 0.05) is 17.1 Å². The van der Waals surface area contributed by atoms with Crippen molar-refractivity contribution in [2.75, 3.05) is 0 Å². The Morgan fingerprint density at radius 2 is 1.95 bits per heavy atom. The van der Waals surface area contributed by atoms with Crippen molar-refractivity contribution >= 4 is 23.2 Å². The standard InChI is InChI=1S/C15H14Cl2FNO/c1-9(19)6-10-2-3-11(16)7-15(10)20-12-4-5-14(18)13(17)8-12/h2-5,7-9H,6,19H2,1H3. The second-order valence-corrected chi connectivity index (χ2v) is 5.46. The van der Waals surface area contributed by atoms with Crippen LogP contribution in [0.15, 0.2) is 36.4 Å². The molecule has 2 aromatic carbocycles. The van der Waals surface area contributed by atoms with E-state index >= 15 is 0 Å². The molecule has 2 nitrogen and oxygen atoms in total. The lowest BCUT2D eigenvalue weighted by Crippen LogP contribution is -2.18. The van der Waals surface area contributed by atoms with Crippen molar-refractivity contribution in [2.24, 2.45) is 5.73 Å². The van der Waals surface area contributed by atoms with Gasteiger partial charge in [0.15, 0.2) is 0 Å². The third kappa shape index (κ3) is 3.85. The molecule has 2 aromatic rings. The van der Waals surface area contributed by atoms with E-state index in [1.165, 1.54) is 18.2 Å². The number of rotatable bonds is 4. The van der Waals surface area contributed by atoms with Crippen molar-refractivity contribution in [3.63, 3.8) is 0 Å². The molecule has 0 aliphatic rings. The van der Waals surface area contributed by atoms with Gasteiger partial charge < -0.3 is 10.5 Å². The fourth-order valence-electron chi connectivity index (χ4n) is 1.81. The van der Waals surface area contributed by atoms with Crippen LogP contribution >= 0.6 is 23.2 Å². The average molecular weight is 314 g/mol. The molecule has 0 radical (unpaired) electrons. The fraction of sp³-hybridized carbons (Fsp3) is 0.200. The predicted molar refractivity (Wildman–Crippen MR) is 80.3 cm³/mol. The van der Waals surface area contributed by atoms with Gasteiger partial charge in [-0.3, -0.25) is 0 Å². The van der Waals surface area contributed by atoms with Crippen LogP contribution < -0.4 is 10.5 Å². The monoisotopic (exact) mass is 313 g/mol. The van der Waals surface area contributed by atoms with Gasteiger partial charge in [-0.2, -0.15) is 0 Å². The van der Waals surface area contributed by atoms with Crippen LogP contribution in [-0.4, -0.2) is 6.04 Å². The first-order valence-electron chi connectivity index (χ1n) is 6.12. The molecule has 0 aliphatic carbocycles. The Morgan fingerprint density at radius 1 is 1.20 bits per heavy atom. The Labute approximate surface area is 127 Å². The van der Waals surface area contributed by atoms with E-state index in [0.717, 1.165) is 5.56 Å². The molecule has 0 fully saturated rings. The summed E-state index contributed by atoms with van der Waals surface area (Å²) in [6.07, 6.45) is 0.654. The Bertz CT molecular complexity index is 617. The molecule has 0 bridgehead atoms. The molecule has 0 heterocycles. The van der Waals surface area contributed by atoms with Gasteiger partial charge >= 0.3 is 0 Å². The zero-order valence-electron chi connectivity index (χ0n) is 10.9. The third-order valence-electron chi connectivity index (χ3n) is 2.69. The Morgan fingerprint density at radius 3 is 2.60 bits per heavy atom. The summed E-state index contributed by atoms with van der Waals surface area (Å²) in [6.45, 7) is 1.91. The first-order chi connectivity index (χ1) is 9.45. The van der Waals surface area contributed by atoms with Gasteiger partial charge in [-0.25, -0.2) is 4.39 Å². The van der Waals surface area contributed by atoms with E-state index in [2.05, 4.69) is 0 Å². The summed E-state index contributed by atoms with van der Waals surface area (Å²) in [7, 11) is 0. The van der Waals surface area contributed by atoms with Gasteiger partial charge in [-0.05, 0) is 43.2 Å². The number of nitrogens with two attached hydrogens (primary N) is 1. The van der Waals surface area contributed by atoms with Crippen LogP contribution in [0.5, 0.6) is 11.5 Å². The summed E-state index contributed by atoms with van der Waals surface area (Å²) >= 11 is 11.7. The van der Waals surface area contributed by atoms with Crippen molar-refractivity contribution in [1.29, 1.82) is 0 Å². The highest BCUT2D eigenvalue weighted by Gasteiger charge is 2.09. The van der Waals surface area contributed by atoms with Crippen molar-refractivity contribution in [2.45, 2.75) is 19.4 Å². The van der Waals surface area contributed by atoms with E-state index in [9.17, 15) is 4.39 Å². The van der Waals surface area contributed by atoms with Crippen LogP contribution in [0, 0.1) is 5.82 Å². The smallest absolute Gasteiger partial charge is 0.142 e. The first kappa shape index (κ1) is 15.1. The minimum absolute atomic E-state index is 0.00432. The quantitative estimate of drug-likeness (QED) is 0.878. The molecule has 20 heavy (non-hydrogen) atoms. The normalized spacial score (nSPS) is 12.2.